The van der Waals surface area contributed by atoms with Gasteiger partial charge in [0.15, 0.2) is 0 Å². The van der Waals surface area contributed by atoms with Crippen molar-refractivity contribution in [2.45, 2.75) is 32.7 Å². The molecule has 1 fully saturated rings. The Hall–Kier alpha value is -2.25. The van der Waals surface area contributed by atoms with E-state index in [0.29, 0.717) is 19.0 Å². The molecule has 1 saturated heterocycles. The fourth-order valence-corrected chi connectivity index (χ4v) is 4.34. The zero-order valence-corrected chi connectivity index (χ0v) is 18.0. The van der Waals surface area contributed by atoms with Crippen LogP contribution in [0.4, 0.5) is 0 Å². The van der Waals surface area contributed by atoms with Gasteiger partial charge < -0.3 is 10.6 Å². The Morgan fingerprint density at radius 2 is 2.07 bits per heavy atom. The standard InChI is InChI=1S/C22H30N4O2S/c1-16(2)21(28)24-13-17-7-6-11-26(14-17)15-19(27)25-20(22-23-10-12-29-22)18-8-4-3-5-9-18/h3-5,8-10,12,16-17,20H,6-7,11,13-15H2,1-2H3,(H,24,28)(H,25,27). The molecule has 1 aliphatic rings. The van der Waals surface area contributed by atoms with Crippen LogP contribution in [-0.4, -0.2) is 47.9 Å². The summed E-state index contributed by atoms with van der Waals surface area (Å²) in [6.07, 6.45) is 3.90. The van der Waals surface area contributed by atoms with Crippen LogP contribution >= 0.6 is 11.3 Å². The van der Waals surface area contributed by atoms with Gasteiger partial charge in [0.05, 0.1) is 6.54 Å². The molecule has 29 heavy (non-hydrogen) atoms. The molecule has 2 aromatic rings. The lowest BCUT2D eigenvalue weighted by atomic mass is 9.97. The van der Waals surface area contributed by atoms with Crippen molar-refractivity contribution in [3.8, 4) is 0 Å². The number of rotatable bonds is 8. The van der Waals surface area contributed by atoms with E-state index < -0.39 is 0 Å². The van der Waals surface area contributed by atoms with E-state index in [1.165, 1.54) is 0 Å². The van der Waals surface area contributed by atoms with Gasteiger partial charge in [-0.25, -0.2) is 4.98 Å². The van der Waals surface area contributed by atoms with Crippen molar-refractivity contribution < 1.29 is 9.59 Å². The number of aromatic nitrogens is 1. The van der Waals surface area contributed by atoms with Crippen molar-refractivity contribution in [3.63, 3.8) is 0 Å². The summed E-state index contributed by atoms with van der Waals surface area (Å²) >= 11 is 1.55. The van der Waals surface area contributed by atoms with Gasteiger partial charge in [0.2, 0.25) is 11.8 Å². The Kier molecular flexibility index (Phi) is 7.77. The van der Waals surface area contributed by atoms with Gasteiger partial charge in [0, 0.05) is 30.6 Å². The van der Waals surface area contributed by atoms with Gasteiger partial charge in [-0.05, 0) is 30.9 Å². The monoisotopic (exact) mass is 414 g/mol. The minimum atomic E-state index is -0.227. The Morgan fingerprint density at radius 3 is 2.76 bits per heavy atom. The highest BCUT2D eigenvalue weighted by atomic mass is 32.1. The Bertz CT molecular complexity index is 779. The van der Waals surface area contributed by atoms with E-state index in [1.807, 2.05) is 49.6 Å². The SMILES string of the molecule is CC(C)C(=O)NCC1CCCN(CC(=O)NC(c2ccccc2)c2nccs2)C1. The molecule has 0 spiro atoms. The predicted octanol–water partition coefficient (Wildman–Crippen LogP) is 2.83. The highest BCUT2D eigenvalue weighted by Crippen LogP contribution is 2.24. The number of piperidine rings is 1. The zero-order valence-electron chi connectivity index (χ0n) is 17.1. The van der Waals surface area contributed by atoms with E-state index in [-0.39, 0.29) is 23.8 Å². The third-order valence-corrected chi connectivity index (χ3v) is 6.04. The number of likely N-dealkylation sites (tertiary alicyclic amines) is 1. The Balaban J connectivity index is 1.55. The molecule has 2 N–H and O–H groups in total. The molecule has 1 aromatic carbocycles. The molecule has 156 valence electrons. The van der Waals surface area contributed by atoms with Crippen LogP contribution in [-0.2, 0) is 9.59 Å². The van der Waals surface area contributed by atoms with Gasteiger partial charge in [-0.3, -0.25) is 14.5 Å². The molecule has 7 heteroatoms. The van der Waals surface area contributed by atoms with Gasteiger partial charge >= 0.3 is 0 Å². The number of nitrogens with zero attached hydrogens (tertiary/aromatic N) is 2. The van der Waals surface area contributed by atoms with Crippen molar-refractivity contribution in [2.24, 2.45) is 11.8 Å². The second kappa shape index (κ2) is 10.5. The normalized spacial score (nSPS) is 18.4. The molecule has 0 bridgehead atoms. The first-order valence-corrected chi connectivity index (χ1v) is 11.1. The number of thiazole rings is 1. The maximum Gasteiger partial charge on any atom is 0.235 e. The molecule has 2 amide bonds. The topological polar surface area (TPSA) is 74.3 Å². The molecule has 6 nitrogen and oxygen atoms in total. The summed E-state index contributed by atoms with van der Waals surface area (Å²) < 4.78 is 0. The third kappa shape index (κ3) is 6.37. The maximum absolute atomic E-state index is 12.8. The van der Waals surface area contributed by atoms with Gasteiger partial charge in [0.1, 0.15) is 11.0 Å². The lowest BCUT2D eigenvalue weighted by molar-refractivity contribution is -0.125. The van der Waals surface area contributed by atoms with Crippen LogP contribution in [0.2, 0.25) is 0 Å². The molecular weight excluding hydrogens is 384 g/mol. The average molecular weight is 415 g/mol. The molecule has 1 aliphatic heterocycles. The van der Waals surface area contributed by atoms with Crippen LogP contribution in [0.15, 0.2) is 41.9 Å². The van der Waals surface area contributed by atoms with Crippen LogP contribution < -0.4 is 10.6 Å². The number of carbonyl (C=O) groups is 2. The lowest BCUT2D eigenvalue weighted by Crippen LogP contribution is -2.46. The second-order valence-electron chi connectivity index (χ2n) is 7.92. The fraction of sp³-hybridized carbons (Fsp3) is 0.500. The molecule has 0 radical (unpaired) electrons. The third-order valence-electron chi connectivity index (χ3n) is 5.20. The van der Waals surface area contributed by atoms with Crippen LogP contribution in [0.1, 0.15) is 43.3 Å². The van der Waals surface area contributed by atoms with Gasteiger partial charge in [-0.15, -0.1) is 11.3 Å². The molecule has 2 atom stereocenters. The Morgan fingerprint density at radius 1 is 1.28 bits per heavy atom. The quantitative estimate of drug-likeness (QED) is 0.697. The molecule has 0 aliphatic carbocycles. The first-order valence-electron chi connectivity index (χ1n) is 10.3. The van der Waals surface area contributed by atoms with Gasteiger partial charge in [-0.2, -0.15) is 0 Å². The minimum Gasteiger partial charge on any atom is -0.356 e. The summed E-state index contributed by atoms with van der Waals surface area (Å²) in [6.45, 7) is 6.59. The number of nitrogens with one attached hydrogen (secondary N) is 2. The first kappa shape index (κ1) is 21.5. The highest BCUT2D eigenvalue weighted by Gasteiger charge is 2.24. The first-order chi connectivity index (χ1) is 14.0. The van der Waals surface area contributed by atoms with Crippen LogP contribution in [0.3, 0.4) is 0 Å². The molecule has 1 aromatic heterocycles. The molecule has 2 unspecified atom stereocenters. The largest absolute Gasteiger partial charge is 0.356 e. The van der Waals surface area contributed by atoms with Gasteiger partial charge in [0.25, 0.3) is 0 Å². The van der Waals surface area contributed by atoms with Crippen molar-refractivity contribution in [1.29, 1.82) is 0 Å². The smallest absolute Gasteiger partial charge is 0.235 e. The van der Waals surface area contributed by atoms with Crippen LogP contribution in [0.25, 0.3) is 0 Å². The van der Waals surface area contributed by atoms with E-state index in [2.05, 4.69) is 20.5 Å². The van der Waals surface area contributed by atoms with Crippen molar-refractivity contribution in [1.82, 2.24) is 20.5 Å². The molecule has 3 rings (SSSR count). The van der Waals surface area contributed by atoms with E-state index in [1.54, 1.807) is 17.5 Å². The van der Waals surface area contributed by atoms with Crippen molar-refractivity contribution in [2.75, 3.05) is 26.2 Å². The minimum absolute atomic E-state index is 0.000851. The second-order valence-corrected chi connectivity index (χ2v) is 8.85. The van der Waals surface area contributed by atoms with E-state index in [0.717, 1.165) is 36.5 Å². The van der Waals surface area contributed by atoms with Crippen LogP contribution in [0, 0.1) is 11.8 Å². The van der Waals surface area contributed by atoms with E-state index in [9.17, 15) is 9.59 Å². The summed E-state index contributed by atoms with van der Waals surface area (Å²) in [4.78, 5) is 31.2. The van der Waals surface area contributed by atoms with Crippen molar-refractivity contribution in [3.05, 3.63) is 52.5 Å². The number of hydrogen-bond acceptors (Lipinski definition) is 5. The zero-order chi connectivity index (χ0) is 20.6. The summed E-state index contributed by atoms with van der Waals surface area (Å²) in [7, 11) is 0. The lowest BCUT2D eigenvalue weighted by Gasteiger charge is -2.32. The summed E-state index contributed by atoms with van der Waals surface area (Å²) in [5.41, 5.74) is 1.03. The van der Waals surface area contributed by atoms with E-state index in [4.69, 9.17) is 0 Å². The van der Waals surface area contributed by atoms with E-state index >= 15 is 0 Å². The highest BCUT2D eigenvalue weighted by molar-refractivity contribution is 7.09. The molecular formula is C22H30N4O2S. The average Bonchev–Trinajstić information content (AvgIpc) is 3.25. The molecule has 2 heterocycles. The summed E-state index contributed by atoms with van der Waals surface area (Å²) in [6, 6.07) is 9.72. The number of hydrogen-bond donors (Lipinski definition) is 2. The number of benzene rings is 1. The summed E-state index contributed by atoms with van der Waals surface area (Å²) in [5.74, 6) is 0.485. The number of carbonyl (C=O) groups excluding carboxylic acids is 2. The molecule has 0 saturated carbocycles. The fourth-order valence-electron chi connectivity index (χ4n) is 3.63. The number of amides is 2. The van der Waals surface area contributed by atoms with Crippen LogP contribution in [0.5, 0.6) is 0 Å². The van der Waals surface area contributed by atoms with Gasteiger partial charge in [-0.1, -0.05) is 44.2 Å². The summed E-state index contributed by atoms with van der Waals surface area (Å²) in [5, 5.41) is 9.00. The Labute approximate surface area is 176 Å². The maximum atomic E-state index is 12.8. The van der Waals surface area contributed by atoms with Crippen molar-refractivity contribution >= 4 is 23.2 Å². The predicted molar refractivity (Wildman–Crippen MR) is 116 cm³/mol.